The van der Waals surface area contributed by atoms with Gasteiger partial charge < -0.3 is 65.6 Å². The lowest BCUT2D eigenvalue weighted by molar-refractivity contribution is -0.137. The molecule has 21 heteroatoms. The van der Waals surface area contributed by atoms with Crippen LogP contribution in [0.3, 0.4) is 0 Å². The molecule has 0 bridgehead atoms. The fourth-order valence-corrected chi connectivity index (χ4v) is 8.57. The fourth-order valence-electron chi connectivity index (χ4n) is 8.57. The number of aromatic nitrogens is 1. The Bertz CT molecular complexity index is 3240. The number of rotatable bonds is 23. The smallest absolute Gasteiger partial charge is 0.416 e. The van der Waals surface area contributed by atoms with Crippen molar-refractivity contribution < 1.29 is 55.7 Å². The minimum atomic E-state index is -4.90. The lowest BCUT2D eigenvalue weighted by Crippen LogP contribution is -2.37. The maximum Gasteiger partial charge on any atom is 0.416 e. The molecule has 0 spiro atoms. The first-order valence-corrected chi connectivity index (χ1v) is 29.5. The van der Waals surface area contributed by atoms with Crippen LogP contribution < -0.4 is 42.5 Å². The number of hydrogen-bond acceptors (Lipinski definition) is 12. The van der Waals surface area contributed by atoms with Gasteiger partial charge in [-0.05, 0) is 85.6 Å². The first-order chi connectivity index (χ1) is 41.9. The molecule has 3 heterocycles. The van der Waals surface area contributed by atoms with Gasteiger partial charge >= 0.3 is 12.2 Å². The molecule has 0 fully saturated rings. The van der Waals surface area contributed by atoms with Crippen LogP contribution >= 0.6 is 0 Å². The van der Waals surface area contributed by atoms with E-state index in [9.17, 15) is 32.3 Å². The summed E-state index contributed by atoms with van der Waals surface area (Å²) in [6.07, 6.45) is 1.44. The molecule has 470 valence electrons. The van der Waals surface area contributed by atoms with Crippen LogP contribution in [0, 0.1) is 12.7 Å². The zero-order chi connectivity index (χ0) is 64.1. The average molecular weight is 1210 g/mol. The third-order valence-corrected chi connectivity index (χ3v) is 12.9. The number of para-hydroxylation sites is 1. The normalized spacial score (nSPS) is 13.3. The third-order valence-electron chi connectivity index (χ3n) is 12.9. The highest BCUT2D eigenvalue weighted by Crippen LogP contribution is 2.40. The number of nitrogens with two attached hydrogens (primary N) is 2. The highest BCUT2D eigenvalue weighted by molar-refractivity contribution is 6.35. The number of hydrogen-bond donors (Lipinski definition) is 7. The highest BCUT2D eigenvalue weighted by Gasteiger charge is 2.34. The number of nitrogens with one attached hydrogen (secondary N) is 5. The Morgan fingerprint density at radius 1 is 0.724 bits per heavy atom. The second kappa shape index (κ2) is 36.5. The number of unbranched alkanes of at least 4 members (excludes halogenated alkanes) is 1. The molecule has 6 aromatic rings. The number of benzene rings is 5. The Labute approximate surface area is 508 Å². The van der Waals surface area contributed by atoms with Gasteiger partial charge in [-0.25, -0.2) is 15.0 Å². The van der Waals surface area contributed by atoms with Crippen LogP contribution in [-0.2, 0) is 41.3 Å². The molecular formula is C66H85F4N9O8. The summed E-state index contributed by atoms with van der Waals surface area (Å²) >= 11 is 0. The number of aromatic amines is 1. The van der Waals surface area contributed by atoms with Gasteiger partial charge in [0.1, 0.15) is 12.4 Å². The Morgan fingerprint density at radius 2 is 1.36 bits per heavy atom. The van der Waals surface area contributed by atoms with Crippen molar-refractivity contribution in [3.05, 3.63) is 160 Å². The van der Waals surface area contributed by atoms with E-state index >= 15 is 4.39 Å². The van der Waals surface area contributed by atoms with E-state index < -0.39 is 35.0 Å². The van der Waals surface area contributed by atoms with E-state index in [1.165, 1.54) is 24.8 Å². The summed E-state index contributed by atoms with van der Waals surface area (Å²) in [6, 6.07) is 28.7. The quantitative estimate of drug-likeness (QED) is 0.0105. The number of urea groups is 1. The van der Waals surface area contributed by atoms with Gasteiger partial charge in [0.25, 0.3) is 5.91 Å². The van der Waals surface area contributed by atoms with Gasteiger partial charge in [0.2, 0.25) is 5.91 Å². The molecule has 2 aliphatic rings. The fraction of sp³-hybridized carbons (Fsp3) is 0.364. The van der Waals surface area contributed by atoms with Gasteiger partial charge in [-0.2, -0.15) is 13.2 Å². The van der Waals surface area contributed by atoms with Crippen molar-refractivity contribution >= 4 is 80.8 Å². The maximum absolute atomic E-state index is 15.6. The molecular weight excluding hydrogens is 1120 g/mol. The number of amides is 4. The first-order valence-electron chi connectivity index (χ1n) is 29.5. The molecule has 0 radical (unpaired) electrons. The summed E-state index contributed by atoms with van der Waals surface area (Å²) in [6.45, 7) is 20.5. The third kappa shape index (κ3) is 20.9. The van der Waals surface area contributed by atoms with Crippen molar-refractivity contribution in [1.29, 1.82) is 0 Å². The number of carbonyl (C=O) groups excluding carboxylic acids is 4. The van der Waals surface area contributed by atoms with Gasteiger partial charge in [0.15, 0.2) is 11.6 Å². The number of anilines is 6. The van der Waals surface area contributed by atoms with E-state index in [0.717, 1.165) is 27.9 Å². The van der Waals surface area contributed by atoms with Gasteiger partial charge in [-0.3, -0.25) is 9.59 Å². The Balaban J connectivity index is 0.00000152. The van der Waals surface area contributed by atoms with Crippen LogP contribution in [0.25, 0.3) is 23.0 Å². The maximum atomic E-state index is 15.6. The number of aryl methyl sites for hydroxylation is 1. The van der Waals surface area contributed by atoms with Crippen molar-refractivity contribution in [3.8, 4) is 5.75 Å². The van der Waals surface area contributed by atoms with Crippen LogP contribution in [0.15, 0.2) is 115 Å². The molecule has 5 aromatic carbocycles. The SMILES string of the molecule is CC.CC.CC.CC(=O)CCC(=O)N1Cc2ccccc2/C(N(N)CCOCCOCCOCCOc2cc(C(F)(F)F)cc(NC(=O)Nc3ccc(C)c(Nc4ccc5c(c4)NC(=O)/C5=C\c4ccc[nH]4)c3)c2F)=C(/N)c2ccccc21.CCCC. The number of hydrazine groups is 1. The minimum absolute atomic E-state index is 0.0618. The number of alkyl halides is 3. The molecule has 4 amide bonds. The summed E-state index contributed by atoms with van der Waals surface area (Å²) in [5.74, 6) is 4.14. The van der Waals surface area contributed by atoms with Crippen molar-refractivity contribution in [2.24, 2.45) is 11.6 Å². The standard InChI is InChI=1S/C56H57F4N9O8.C4H10.3C2H6/c1-34-13-15-40(31-45(34)64-39-16-17-42-44(30-38-9-7-19-63-38)54(72)66-46(42)32-39)65-55(73)67-47-28-37(56(58,59)60)29-49(51(47)57)77-27-26-76-25-24-75-23-22-74-21-20-69(62)53-41-10-4-3-8-36(41)33-68(50(71)18-14-35(2)70)48-12-6-5-11-43(48)52(53)61;1-3-4-2;3*1-2/h3-13,15-17,19,28-32,63-64H,14,18,20-27,33,61-62H2,1-2H3,(H,66,72)(H2,65,67,73);3-4H2,1-2H3;3*1-2H3/b44-30-,53-52-;;;;. The molecule has 0 saturated heterocycles. The largest absolute Gasteiger partial charge is 0.488 e. The molecule has 0 saturated carbocycles. The Morgan fingerprint density at radius 3 is 2.00 bits per heavy atom. The summed E-state index contributed by atoms with van der Waals surface area (Å²) in [5.41, 5.74) is 13.4. The predicted octanol–water partition coefficient (Wildman–Crippen LogP) is 14.6. The Hall–Kier alpha value is -8.50. The monoisotopic (exact) mass is 1210 g/mol. The molecule has 0 unspecified atom stereocenters. The van der Waals surface area contributed by atoms with Gasteiger partial charge in [0, 0.05) is 58.5 Å². The summed E-state index contributed by atoms with van der Waals surface area (Å²) in [5, 5.41) is 12.3. The molecule has 87 heavy (non-hydrogen) atoms. The Kier molecular flexibility index (Phi) is 29.8. The zero-order valence-electron chi connectivity index (χ0n) is 51.6. The molecule has 1 aromatic heterocycles. The predicted molar refractivity (Wildman–Crippen MR) is 341 cm³/mol. The number of halogens is 4. The number of ether oxygens (including phenoxy) is 4. The van der Waals surface area contributed by atoms with Crippen LogP contribution in [0.4, 0.5) is 56.5 Å². The van der Waals surface area contributed by atoms with Crippen molar-refractivity contribution in [3.63, 3.8) is 0 Å². The average Bonchev–Trinajstić information content (AvgIpc) is 1.39. The van der Waals surface area contributed by atoms with Crippen molar-refractivity contribution in [2.45, 2.75) is 108 Å². The molecule has 0 atom stereocenters. The van der Waals surface area contributed by atoms with Crippen molar-refractivity contribution in [2.75, 3.05) is 79.0 Å². The van der Waals surface area contributed by atoms with E-state index in [0.29, 0.717) is 57.4 Å². The number of nitrogens with zero attached hydrogens (tertiary/aromatic N) is 2. The molecule has 17 nitrogen and oxygen atoms in total. The molecule has 0 aliphatic carbocycles. The van der Waals surface area contributed by atoms with Crippen LogP contribution in [0.2, 0.25) is 0 Å². The summed E-state index contributed by atoms with van der Waals surface area (Å²) in [7, 11) is 0. The molecule has 8 rings (SSSR count). The second-order valence-electron chi connectivity index (χ2n) is 19.0. The molecule has 2 aliphatic heterocycles. The topological polar surface area (TPSA) is 228 Å². The van der Waals surface area contributed by atoms with E-state index in [1.807, 2.05) is 109 Å². The minimum Gasteiger partial charge on any atom is -0.488 e. The van der Waals surface area contributed by atoms with E-state index in [1.54, 1.807) is 53.6 Å². The number of Topliss-reactive ketones (excluding diaryl/α,β-unsaturated/α-hetero) is 1. The molecule has 9 N–H and O–H groups in total. The van der Waals surface area contributed by atoms with Gasteiger partial charge in [0.05, 0.1) is 92.3 Å². The zero-order valence-corrected chi connectivity index (χ0v) is 51.6. The van der Waals surface area contributed by atoms with Crippen LogP contribution in [-0.4, -0.2) is 86.4 Å². The second-order valence-corrected chi connectivity index (χ2v) is 19.0. The van der Waals surface area contributed by atoms with Crippen LogP contribution in [0.1, 0.15) is 127 Å². The highest BCUT2D eigenvalue weighted by atomic mass is 19.4. The number of fused-ring (bicyclic) bond motifs is 3. The lowest BCUT2D eigenvalue weighted by atomic mass is 9.95. The van der Waals surface area contributed by atoms with Gasteiger partial charge in [-0.15, -0.1) is 0 Å². The van der Waals surface area contributed by atoms with E-state index in [4.69, 9.17) is 30.5 Å². The first kappa shape index (κ1) is 71.0. The number of ketones is 1. The number of H-pyrrole nitrogens is 1. The van der Waals surface area contributed by atoms with E-state index in [2.05, 4.69) is 40.1 Å². The number of carbonyl (C=O) groups is 4. The van der Waals surface area contributed by atoms with Gasteiger partial charge in [-0.1, -0.05) is 123 Å². The summed E-state index contributed by atoms with van der Waals surface area (Å²) in [4.78, 5) is 55.7. The summed E-state index contributed by atoms with van der Waals surface area (Å²) < 4.78 is 79.8. The van der Waals surface area contributed by atoms with Crippen molar-refractivity contribution in [1.82, 2.24) is 9.99 Å². The lowest BCUT2D eigenvalue weighted by Gasteiger charge is -2.33. The van der Waals surface area contributed by atoms with E-state index in [-0.39, 0.29) is 95.5 Å². The van der Waals surface area contributed by atoms with Crippen LogP contribution in [0.5, 0.6) is 5.75 Å².